The van der Waals surface area contributed by atoms with Crippen LogP contribution in [0.15, 0.2) is 18.2 Å². The van der Waals surface area contributed by atoms with Gasteiger partial charge in [0.25, 0.3) is 0 Å². The number of hydrogen-bond donors (Lipinski definition) is 2. The topological polar surface area (TPSA) is 50.4 Å². The number of hydrogen-bond acceptors (Lipinski definition) is 3. The summed E-state index contributed by atoms with van der Waals surface area (Å²) in [5, 5.41) is 5.78. The lowest BCUT2D eigenvalue weighted by Crippen LogP contribution is -2.23. The molecular formula is C11H14N2O2. The molecular weight excluding hydrogens is 192 g/mol. The van der Waals surface area contributed by atoms with E-state index < -0.39 is 0 Å². The number of carbonyl (C=O) groups excluding carboxylic acids is 1. The first-order valence-electron chi connectivity index (χ1n) is 5.01. The maximum atomic E-state index is 11.5. The molecule has 4 heteroatoms. The van der Waals surface area contributed by atoms with Crippen molar-refractivity contribution in [3.8, 4) is 5.75 Å². The molecule has 2 N–H and O–H groups in total. The van der Waals surface area contributed by atoms with Crippen molar-refractivity contribution in [1.82, 2.24) is 5.32 Å². The zero-order valence-electron chi connectivity index (χ0n) is 8.83. The van der Waals surface area contributed by atoms with Crippen molar-refractivity contribution < 1.29 is 9.53 Å². The Morgan fingerprint density at radius 1 is 1.53 bits per heavy atom. The quantitative estimate of drug-likeness (QED) is 0.783. The summed E-state index contributed by atoms with van der Waals surface area (Å²) < 4.78 is 5.39. The number of anilines is 1. The predicted molar refractivity (Wildman–Crippen MR) is 58.0 cm³/mol. The van der Waals surface area contributed by atoms with Gasteiger partial charge in [-0.15, -0.1) is 0 Å². The summed E-state index contributed by atoms with van der Waals surface area (Å²) in [6.45, 7) is 2.57. The molecule has 1 aliphatic heterocycles. The molecule has 0 aliphatic carbocycles. The largest absolute Gasteiger partial charge is 0.494 e. The minimum absolute atomic E-state index is 0.0128. The molecule has 4 nitrogen and oxygen atoms in total. The Morgan fingerprint density at radius 3 is 3.00 bits per heavy atom. The van der Waals surface area contributed by atoms with E-state index in [1.54, 1.807) is 7.05 Å². The predicted octanol–water partition coefficient (Wildman–Crippen LogP) is 1.30. The number of ether oxygens (including phenoxy) is 1. The molecule has 1 aromatic rings. The van der Waals surface area contributed by atoms with E-state index in [0.29, 0.717) is 6.61 Å². The van der Waals surface area contributed by atoms with Gasteiger partial charge in [0.05, 0.1) is 6.61 Å². The fourth-order valence-electron chi connectivity index (χ4n) is 1.78. The van der Waals surface area contributed by atoms with Crippen LogP contribution < -0.4 is 15.4 Å². The monoisotopic (exact) mass is 206 g/mol. The van der Waals surface area contributed by atoms with Gasteiger partial charge in [-0.25, -0.2) is 0 Å². The average molecular weight is 206 g/mol. The maximum Gasteiger partial charge on any atom is 0.246 e. The van der Waals surface area contributed by atoms with Gasteiger partial charge in [-0.1, -0.05) is 0 Å². The third-order valence-corrected chi connectivity index (χ3v) is 2.45. The highest BCUT2D eigenvalue weighted by molar-refractivity contribution is 6.02. The second-order valence-electron chi connectivity index (χ2n) is 3.39. The summed E-state index contributed by atoms with van der Waals surface area (Å²) in [6, 6.07) is 5.37. The summed E-state index contributed by atoms with van der Waals surface area (Å²) in [4.78, 5) is 11.5. The molecule has 0 bridgehead atoms. The Hall–Kier alpha value is -1.55. The Bertz CT molecular complexity index is 390. The first-order chi connectivity index (χ1) is 7.26. The molecule has 0 aromatic heterocycles. The summed E-state index contributed by atoms with van der Waals surface area (Å²) in [6.07, 6.45) is 0. The van der Waals surface area contributed by atoms with Gasteiger partial charge in [-0.05, 0) is 32.2 Å². The lowest BCUT2D eigenvalue weighted by Gasteiger charge is -2.08. The van der Waals surface area contributed by atoms with Crippen LogP contribution in [0.5, 0.6) is 5.75 Å². The molecule has 0 radical (unpaired) electrons. The number of rotatable bonds is 3. The van der Waals surface area contributed by atoms with Crippen LogP contribution in [0.3, 0.4) is 0 Å². The van der Waals surface area contributed by atoms with Crippen LogP contribution in [0.25, 0.3) is 0 Å². The fraction of sp³-hybridized carbons (Fsp3) is 0.364. The van der Waals surface area contributed by atoms with E-state index in [0.717, 1.165) is 17.0 Å². The smallest absolute Gasteiger partial charge is 0.246 e. The maximum absolute atomic E-state index is 11.5. The number of likely N-dealkylation sites (N-methyl/N-ethyl adjacent to an activating group) is 1. The molecule has 1 amide bonds. The molecule has 1 atom stereocenters. The molecule has 1 unspecified atom stereocenters. The third-order valence-electron chi connectivity index (χ3n) is 2.45. The van der Waals surface area contributed by atoms with Gasteiger partial charge in [0, 0.05) is 11.3 Å². The minimum atomic E-state index is -0.264. The molecule has 1 heterocycles. The lowest BCUT2D eigenvalue weighted by atomic mass is 10.1. The van der Waals surface area contributed by atoms with E-state index in [1.165, 1.54) is 0 Å². The molecule has 2 rings (SSSR count). The van der Waals surface area contributed by atoms with Crippen molar-refractivity contribution in [3.63, 3.8) is 0 Å². The van der Waals surface area contributed by atoms with Gasteiger partial charge in [0.15, 0.2) is 0 Å². The van der Waals surface area contributed by atoms with Crippen LogP contribution in [0, 0.1) is 0 Å². The van der Waals surface area contributed by atoms with Crippen LogP contribution in [0.2, 0.25) is 0 Å². The van der Waals surface area contributed by atoms with Gasteiger partial charge < -0.3 is 15.4 Å². The van der Waals surface area contributed by atoms with Crippen molar-refractivity contribution in [2.24, 2.45) is 0 Å². The first kappa shape index (κ1) is 9.98. The van der Waals surface area contributed by atoms with E-state index in [9.17, 15) is 4.79 Å². The zero-order chi connectivity index (χ0) is 10.8. The zero-order valence-corrected chi connectivity index (χ0v) is 8.83. The number of amides is 1. The van der Waals surface area contributed by atoms with Gasteiger partial charge in [-0.3, -0.25) is 4.79 Å². The number of fused-ring (bicyclic) bond motifs is 1. The first-order valence-corrected chi connectivity index (χ1v) is 5.01. The highest BCUT2D eigenvalue weighted by atomic mass is 16.5. The summed E-state index contributed by atoms with van der Waals surface area (Å²) in [5.41, 5.74) is 1.82. The van der Waals surface area contributed by atoms with E-state index in [4.69, 9.17) is 4.74 Å². The van der Waals surface area contributed by atoms with E-state index in [1.807, 2.05) is 25.1 Å². The van der Waals surface area contributed by atoms with Crippen LogP contribution in [-0.4, -0.2) is 19.6 Å². The van der Waals surface area contributed by atoms with Gasteiger partial charge >= 0.3 is 0 Å². The van der Waals surface area contributed by atoms with E-state index in [2.05, 4.69) is 10.6 Å². The summed E-state index contributed by atoms with van der Waals surface area (Å²) in [7, 11) is 1.77. The third kappa shape index (κ3) is 1.68. The normalized spacial score (nSPS) is 18.5. The minimum Gasteiger partial charge on any atom is -0.494 e. The molecule has 1 aliphatic rings. The van der Waals surface area contributed by atoms with E-state index >= 15 is 0 Å². The summed E-state index contributed by atoms with van der Waals surface area (Å²) in [5.74, 6) is 0.786. The lowest BCUT2D eigenvalue weighted by molar-refractivity contribution is -0.117. The molecule has 1 aromatic carbocycles. The molecule has 0 fully saturated rings. The van der Waals surface area contributed by atoms with Crippen LogP contribution in [-0.2, 0) is 4.79 Å². The Kier molecular flexibility index (Phi) is 2.60. The van der Waals surface area contributed by atoms with Crippen molar-refractivity contribution in [2.45, 2.75) is 13.0 Å². The van der Waals surface area contributed by atoms with Crippen LogP contribution in [0.4, 0.5) is 5.69 Å². The van der Waals surface area contributed by atoms with E-state index in [-0.39, 0.29) is 11.9 Å². The molecule has 0 saturated heterocycles. The number of benzene rings is 1. The van der Waals surface area contributed by atoms with Crippen molar-refractivity contribution in [3.05, 3.63) is 23.8 Å². The number of nitrogens with one attached hydrogen (secondary N) is 2. The Balaban J connectivity index is 2.35. The van der Waals surface area contributed by atoms with Crippen LogP contribution >= 0.6 is 0 Å². The Labute approximate surface area is 88.6 Å². The molecule has 0 saturated carbocycles. The van der Waals surface area contributed by atoms with Crippen molar-refractivity contribution >= 4 is 11.6 Å². The molecule has 15 heavy (non-hydrogen) atoms. The number of carbonyl (C=O) groups is 1. The Morgan fingerprint density at radius 2 is 2.33 bits per heavy atom. The second kappa shape index (κ2) is 3.90. The van der Waals surface area contributed by atoms with Crippen LogP contribution in [0.1, 0.15) is 18.5 Å². The molecule has 80 valence electrons. The standard InChI is InChI=1S/C11H14N2O2/c1-3-15-7-4-5-9-8(6-7)10(12-2)11(14)13-9/h4-6,10,12H,3H2,1-2H3,(H,13,14). The second-order valence-corrected chi connectivity index (χ2v) is 3.39. The van der Waals surface area contributed by atoms with Gasteiger partial charge in [0.2, 0.25) is 5.91 Å². The van der Waals surface area contributed by atoms with Gasteiger partial charge in [0.1, 0.15) is 11.8 Å². The highest BCUT2D eigenvalue weighted by Crippen LogP contribution is 2.33. The SMILES string of the molecule is CCOc1ccc2c(c1)C(NC)C(=O)N2. The van der Waals surface area contributed by atoms with Crippen molar-refractivity contribution in [1.29, 1.82) is 0 Å². The van der Waals surface area contributed by atoms with Gasteiger partial charge in [-0.2, -0.15) is 0 Å². The summed E-state index contributed by atoms with van der Waals surface area (Å²) >= 11 is 0. The highest BCUT2D eigenvalue weighted by Gasteiger charge is 2.29. The fourth-order valence-corrected chi connectivity index (χ4v) is 1.78. The average Bonchev–Trinajstić information content (AvgIpc) is 2.53. The molecule has 0 spiro atoms. The van der Waals surface area contributed by atoms with Crippen molar-refractivity contribution in [2.75, 3.05) is 19.0 Å².